The Kier molecular flexibility index (Phi) is 8.38. The van der Waals surface area contributed by atoms with E-state index in [1.807, 2.05) is 0 Å². The van der Waals surface area contributed by atoms with Crippen molar-refractivity contribution in [3.63, 3.8) is 0 Å². The monoisotopic (exact) mass is 612 g/mol. The average molecular weight is 612 g/mol. The molecule has 43 heavy (non-hydrogen) atoms. The van der Waals surface area contributed by atoms with Gasteiger partial charge in [0.2, 0.25) is 23.8 Å². The third kappa shape index (κ3) is 5.54. The van der Waals surface area contributed by atoms with Crippen molar-refractivity contribution in [1.82, 2.24) is 0 Å². The second-order valence-corrected chi connectivity index (χ2v) is 9.91. The molecule has 0 bridgehead atoms. The molecule has 10 atom stereocenters. The van der Waals surface area contributed by atoms with Gasteiger partial charge in [0, 0.05) is 17.7 Å². The average Bonchev–Trinajstić information content (AvgIpc) is 2.97. The smallest absolute Gasteiger partial charge is 0.239 e. The Morgan fingerprint density at radius 1 is 0.698 bits per heavy atom. The van der Waals surface area contributed by atoms with Crippen LogP contribution in [-0.4, -0.2) is 124 Å². The molecule has 17 nitrogen and oxygen atoms in total. The first-order chi connectivity index (χ1) is 20.3. The number of aliphatic hydroxyl groups is 8. The third-order valence-electron chi connectivity index (χ3n) is 7.02. The summed E-state index contributed by atoms with van der Waals surface area (Å²) in [7, 11) is 0. The molecule has 0 amide bonds. The van der Waals surface area contributed by atoms with Gasteiger partial charge in [-0.05, 0) is 18.2 Å². The lowest BCUT2D eigenvalue weighted by Crippen LogP contribution is -2.60. The number of aromatic hydroxyl groups is 3. The van der Waals surface area contributed by atoms with E-state index in [0.29, 0.717) is 0 Å². The van der Waals surface area contributed by atoms with Gasteiger partial charge in [-0.25, -0.2) is 0 Å². The van der Waals surface area contributed by atoms with Gasteiger partial charge in [0.05, 0.1) is 6.61 Å². The van der Waals surface area contributed by atoms with Gasteiger partial charge in [-0.3, -0.25) is 4.79 Å². The minimum absolute atomic E-state index is 0.0875. The van der Waals surface area contributed by atoms with Crippen molar-refractivity contribution in [2.75, 3.05) is 6.61 Å². The van der Waals surface area contributed by atoms with Gasteiger partial charge in [-0.1, -0.05) is 0 Å². The first-order valence-electron chi connectivity index (χ1n) is 12.7. The predicted molar refractivity (Wildman–Crippen MR) is 137 cm³/mol. The maximum atomic E-state index is 13.7. The molecule has 17 heteroatoms. The van der Waals surface area contributed by atoms with Crippen molar-refractivity contribution in [3.8, 4) is 40.1 Å². The van der Waals surface area contributed by atoms with Gasteiger partial charge in [0.25, 0.3) is 0 Å². The van der Waals surface area contributed by atoms with E-state index in [1.165, 1.54) is 6.07 Å². The van der Waals surface area contributed by atoms with E-state index >= 15 is 0 Å². The fourth-order valence-electron chi connectivity index (χ4n) is 4.63. The van der Waals surface area contributed by atoms with E-state index in [4.69, 9.17) is 23.4 Å². The topological polar surface area (TPSA) is 290 Å². The molecular weight excluding hydrogens is 584 g/mol. The summed E-state index contributed by atoms with van der Waals surface area (Å²) in [5.74, 6) is -3.45. The lowest BCUT2D eigenvalue weighted by Gasteiger charge is -2.39. The van der Waals surface area contributed by atoms with E-state index < -0.39 is 108 Å². The summed E-state index contributed by atoms with van der Waals surface area (Å²) in [4.78, 5) is 13.7. The predicted octanol–water partition coefficient (Wildman–Crippen LogP) is -3.11. The third-order valence-corrected chi connectivity index (χ3v) is 7.02. The summed E-state index contributed by atoms with van der Waals surface area (Å²) in [6.07, 6.45) is -18.1. The molecule has 2 saturated heterocycles. The van der Waals surface area contributed by atoms with E-state index in [-0.39, 0.29) is 16.9 Å². The number of phenols is 3. The fraction of sp³-hybridized carbons (Fsp3) is 0.423. The molecule has 5 rings (SSSR count). The van der Waals surface area contributed by atoms with Gasteiger partial charge < -0.3 is 79.5 Å². The van der Waals surface area contributed by atoms with E-state index in [1.54, 1.807) is 0 Å². The highest BCUT2D eigenvalue weighted by atomic mass is 16.7. The minimum Gasteiger partial charge on any atom is -0.507 e. The number of ether oxygens (including phenoxy) is 4. The molecule has 0 spiro atoms. The molecule has 234 valence electrons. The fourth-order valence-corrected chi connectivity index (χ4v) is 4.63. The normalized spacial score (nSPS) is 32.9. The standard InChI is InChI=1S/C26H28O17/c27-6-13-15(31)17(33)20(36)25(41-13)39-8-4-11(30)14-12(5-8)40-22(7-1-2-9(28)10(29)3-7)23(16(14)32)42-26-21(37)18(34)19(35)24(38)43-26/h1-5,13,15,17-21,24-31,33-38H,6H2. The molecule has 2 aromatic carbocycles. The van der Waals surface area contributed by atoms with E-state index in [0.717, 1.165) is 24.3 Å². The Hall–Kier alpha value is -3.75. The minimum atomic E-state index is -2.03. The molecule has 0 aliphatic carbocycles. The number of benzene rings is 2. The highest BCUT2D eigenvalue weighted by Crippen LogP contribution is 2.40. The van der Waals surface area contributed by atoms with Crippen LogP contribution in [-0.2, 0) is 9.47 Å². The zero-order chi connectivity index (χ0) is 31.3. The number of aliphatic hydroxyl groups excluding tert-OH is 8. The number of hydrogen-bond donors (Lipinski definition) is 11. The summed E-state index contributed by atoms with van der Waals surface area (Å²) < 4.78 is 27.1. The first kappa shape index (κ1) is 30.7. The van der Waals surface area contributed by atoms with Crippen LogP contribution >= 0.6 is 0 Å². The summed E-state index contributed by atoms with van der Waals surface area (Å²) >= 11 is 0. The SMILES string of the molecule is O=c1c(OC2OC(O)C(O)C(O)C2O)c(-c2ccc(O)c(O)c2)oc2cc(OC3OC(CO)C(O)C(O)C3O)cc(O)c12. The van der Waals surface area contributed by atoms with Gasteiger partial charge in [-0.2, -0.15) is 0 Å². The maximum absolute atomic E-state index is 13.7. The molecule has 10 unspecified atom stereocenters. The lowest BCUT2D eigenvalue weighted by molar-refractivity contribution is -0.321. The molecule has 11 N–H and O–H groups in total. The van der Waals surface area contributed by atoms with Crippen LogP contribution in [0.5, 0.6) is 28.7 Å². The van der Waals surface area contributed by atoms with Crippen molar-refractivity contribution in [2.24, 2.45) is 0 Å². The zero-order valence-electron chi connectivity index (χ0n) is 21.7. The number of phenolic OH excluding ortho intramolecular Hbond substituents is 3. The molecule has 2 aliphatic heterocycles. The quantitative estimate of drug-likeness (QED) is 0.123. The van der Waals surface area contributed by atoms with Crippen LogP contribution < -0.4 is 14.9 Å². The van der Waals surface area contributed by atoms with Crippen LogP contribution in [0.3, 0.4) is 0 Å². The molecule has 1 aromatic heterocycles. The second kappa shape index (κ2) is 11.7. The van der Waals surface area contributed by atoms with Gasteiger partial charge in [-0.15, -0.1) is 0 Å². The summed E-state index contributed by atoms with van der Waals surface area (Å²) in [6.45, 7) is -0.735. The largest absolute Gasteiger partial charge is 0.507 e. The Balaban J connectivity index is 1.60. The van der Waals surface area contributed by atoms with Crippen LogP contribution in [0.25, 0.3) is 22.3 Å². The summed E-state index contributed by atoms with van der Waals surface area (Å²) in [6, 6.07) is 5.20. The van der Waals surface area contributed by atoms with Gasteiger partial charge >= 0.3 is 0 Å². The van der Waals surface area contributed by atoms with Crippen molar-refractivity contribution in [2.45, 2.75) is 61.6 Å². The second-order valence-electron chi connectivity index (χ2n) is 9.91. The van der Waals surface area contributed by atoms with Crippen LogP contribution in [0.2, 0.25) is 0 Å². The van der Waals surface area contributed by atoms with Crippen LogP contribution in [0.4, 0.5) is 0 Å². The van der Waals surface area contributed by atoms with Crippen molar-refractivity contribution >= 4 is 11.0 Å². The van der Waals surface area contributed by atoms with E-state index in [9.17, 15) is 61.0 Å². The Bertz CT molecular complexity index is 1540. The van der Waals surface area contributed by atoms with Crippen molar-refractivity contribution in [1.29, 1.82) is 0 Å². The molecule has 0 saturated carbocycles. The van der Waals surface area contributed by atoms with Crippen LogP contribution in [0, 0.1) is 0 Å². The lowest BCUT2D eigenvalue weighted by atomic mass is 9.99. The number of hydrogen-bond acceptors (Lipinski definition) is 17. The van der Waals surface area contributed by atoms with Gasteiger partial charge in [0.1, 0.15) is 65.2 Å². The van der Waals surface area contributed by atoms with Crippen LogP contribution in [0.15, 0.2) is 39.5 Å². The van der Waals surface area contributed by atoms with E-state index in [2.05, 4.69) is 0 Å². The Labute approximate surface area is 239 Å². The molecular formula is C26H28O17. The molecule has 2 aliphatic rings. The highest BCUT2D eigenvalue weighted by Gasteiger charge is 2.46. The van der Waals surface area contributed by atoms with Crippen LogP contribution in [0.1, 0.15) is 0 Å². The number of rotatable bonds is 6. The Morgan fingerprint density at radius 3 is 2.00 bits per heavy atom. The molecule has 2 fully saturated rings. The maximum Gasteiger partial charge on any atom is 0.239 e. The van der Waals surface area contributed by atoms with Crippen molar-refractivity contribution < 1.29 is 79.5 Å². The first-order valence-corrected chi connectivity index (χ1v) is 12.7. The highest BCUT2D eigenvalue weighted by molar-refractivity contribution is 5.88. The number of fused-ring (bicyclic) bond motifs is 1. The summed E-state index contributed by atoms with van der Waals surface area (Å²) in [5.41, 5.74) is -1.55. The molecule has 0 radical (unpaired) electrons. The zero-order valence-corrected chi connectivity index (χ0v) is 21.7. The summed E-state index contributed by atoms with van der Waals surface area (Å²) in [5, 5.41) is 110. The molecule has 3 aromatic rings. The molecule has 3 heterocycles. The van der Waals surface area contributed by atoms with Gasteiger partial charge in [0.15, 0.2) is 23.5 Å². The van der Waals surface area contributed by atoms with Crippen molar-refractivity contribution in [3.05, 3.63) is 40.6 Å². The Morgan fingerprint density at radius 2 is 1.35 bits per heavy atom.